The molecule has 0 bridgehead atoms. The average molecular weight is 786 g/mol. The van der Waals surface area contributed by atoms with Crippen LogP contribution < -0.4 is 11.1 Å². The van der Waals surface area contributed by atoms with Crippen LogP contribution in [0.4, 0.5) is 0 Å². The highest BCUT2D eigenvalue weighted by molar-refractivity contribution is 5.82. The van der Waals surface area contributed by atoms with E-state index in [9.17, 15) is 24.9 Å². The number of unbranched alkanes of at least 4 members (excludes halogenated alkanes) is 23. The molecule has 0 aromatic heterocycles. The van der Waals surface area contributed by atoms with Gasteiger partial charge in [0.25, 0.3) is 5.97 Å². The van der Waals surface area contributed by atoms with Crippen molar-refractivity contribution in [2.75, 3.05) is 13.2 Å². The second kappa shape index (κ2) is 35.4. The number of carbonyl (C=O) groups excluding carboxylic acids is 2. The molecule has 7 N–H and O–H groups in total. The van der Waals surface area contributed by atoms with E-state index in [1.165, 1.54) is 122 Å². The van der Waals surface area contributed by atoms with Crippen LogP contribution in [0.15, 0.2) is 0 Å². The average Bonchev–Trinajstić information content (AvgIpc) is 3.14. The monoisotopic (exact) mass is 786 g/mol. The van der Waals surface area contributed by atoms with E-state index in [1.807, 2.05) is 13.8 Å². The predicted octanol–water partition coefficient (Wildman–Crippen LogP) is 8.39. The van der Waals surface area contributed by atoms with Crippen LogP contribution in [0.2, 0.25) is 0 Å². The first-order valence-electron chi connectivity index (χ1n) is 22.6. The van der Waals surface area contributed by atoms with E-state index in [0.29, 0.717) is 19.4 Å². The minimum atomic E-state index is -1.43. The molecular weight excluding hydrogens is 698 g/mol. The maximum atomic E-state index is 13.8. The molecule has 1 heterocycles. The Bertz CT molecular complexity index is 935. The summed E-state index contributed by atoms with van der Waals surface area (Å²) >= 11 is 0. The number of carboxylic acids is 1. The molecule has 1 aliphatic rings. The SMILES string of the molecule is CC(=O)O.CCCCCCCCCCCCCCCCCCN(C(=O)CCCCCCCCCCC)[C@@H]1O[C@H](CO)[C@@H](O)[C@H](O)[C@H]1NC(=O)[C@@H](N)CC(C)C. The number of rotatable bonds is 33. The first kappa shape index (κ1) is 53.2. The summed E-state index contributed by atoms with van der Waals surface area (Å²) in [7, 11) is 0. The van der Waals surface area contributed by atoms with Gasteiger partial charge in [0.1, 0.15) is 24.4 Å². The summed E-state index contributed by atoms with van der Waals surface area (Å²) in [5.41, 5.74) is 6.17. The van der Waals surface area contributed by atoms with Gasteiger partial charge in [0.05, 0.1) is 12.6 Å². The summed E-state index contributed by atoms with van der Waals surface area (Å²) in [6.07, 6.45) is 26.4. The van der Waals surface area contributed by atoms with Gasteiger partial charge in [-0.1, -0.05) is 175 Å². The summed E-state index contributed by atoms with van der Waals surface area (Å²) in [6, 6.07) is -1.86. The molecule has 0 unspecified atom stereocenters. The number of carboxylic acid groups (broad SMARTS) is 1. The minimum Gasteiger partial charge on any atom is -0.481 e. The molecule has 326 valence electrons. The van der Waals surface area contributed by atoms with Crippen molar-refractivity contribution in [2.45, 2.75) is 245 Å². The Balaban J connectivity index is 0.00000692. The third-order valence-electron chi connectivity index (χ3n) is 10.6. The van der Waals surface area contributed by atoms with E-state index in [2.05, 4.69) is 19.2 Å². The topological polar surface area (TPSA) is 183 Å². The van der Waals surface area contributed by atoms with Crippen molar-refractivity contribution in [2.24, 2.45) is 11.7 Å². The lowest BCUT2D eigenvalue weighted by Crippen LogP contribution is -2.69. The molecule has 0 spiro atoms. The highest BCUT2D eigenvalue weighted by atomic mass is 16.5. The summed E-state index contributed by atoms with van der Waals surface area (Å²) in [5, 5.41) is 42.1. The normalized spacial score (nSPS) is 20.1. The summed E-state index contributed by atoms with van der Waals surface area (Å²) in [6.45, 7) is 9.45. The highest BCUT2D eigenvalue weighted by Gasteiger charge is 2.48. The van der Waals surface area contributed by atoms with Crippen LogP contribution in [0, 0.1) is 5.92 Å². The molecule has 1 saturated heterocycles. The smallest absolute Gasteiger partial charge is 0.300 e. The van der Waals surface area contributed by atoms with Crippen molar-refractivity contribution in [1.29, 1.82) is 0 Å². The van der Waals surface area contributed by atoms with E-state index in [0.717, 1.165) is 45.4 Å². The maximum absolute atomic E-state index is 13.8. The van der Waals surface area contributed by atoms with Gasteiger partial charge in [-0.05, 0) is 25.2 Å². The number of aliphatic carboxylic acids is 1. The van der Waals surface area contributed by atoms with Crippen molar-refractivity contribution in [3.63, 3.8) is 0 Å². The number of nitrogens with zero attached hydrogens (tertiary/aromatic N) is 1. The Morgan fingerprint density at radius 2 is 1.05 bits per heavy atom. The number of carbonyl (C=O) groups is 3. The molecule has 1 aliphatic heterocycles. The van der Waals surface area contributed by atoms with Crippen molar-refractivity contribution < 1.29 is 39.5 Å². The molecule has 0 saturated carbocycles. The molecule has 11 nitrogen and oxygen atoms in total. The molecule has 0 aliphatic carbocycles. The van der Waals surface area contributed by atoms with Crippen LogP contribution in [-0.4, -0.2) is 92.9 Å². The van der Waals surface area contributed by atoms with Crippen LogP contribution in [0.5, 0.6) is 0 Å². The van der Waals surface area contributed by atoms with Crippen LogP contribution in [0.1, 0.15) is 208 Å². The molecule has 6 atom stereocenters. The number of amides is 2. The zero-order valence-electron chi connectivity index (χ0n) is 36.0. The van der Waals surface area contributed by atoms with Crippen LogP contribution in [0.3, 0.4) is 0 Å². The Kier molecular flexibility index (Phi) is 34.2. The number of nitrogens with two attached hydrogens (primary N) is 1. The summed E-state index contributed by atoms with van der Waals surface area (Å²) < 4.78 is 6.14. The molecule has 0 aromatic carbocycles. The van der Waals surface area contributed by atoms with E-state index in [-0.39, 0.29) is 11.8 Å². The number of ether oxygens (including phenoxy) is 1. The van der Waals surface area contributed by atoms with Gasteiger partial charge in [0.15, 0.2) is 6.23 Å². The molecule has 55 heavy (non-hydrogen) atoms. The Hall–Kier alpha value is -1.79. The zero-order chi connectivity index (χ0) is 41.3. The van der Waals surface area contributed by atoms with E-state index in [1.54, 1.807) is 4.90 Å². The second-order valence-electron chi connectivity index (χ2n) is 16.5. The highest BCUT2D eigenvalue weighted by Crippen LogP contribution is 2.26. The zero-order valence-corrected chi connectivity index (χ0v) is 36.0. The van der Waals surface area contributed by atoms with Gasteiger partial charge in [-0.25, -0.2) is 0 Å². The Morgan fingerprint density at radius 1 is 0.673 bits per heavy atom. The third-order valence-corrected chi connectivity index (χ3v) is 10.6. The fourth-order valence-electron chi connectivity index (χ4n) is 7.36. The van der Waals surface area contributed by atoms with E-state index >= 15 is 0 Å². The Labute approximate surface area is 336 Å². The number of hydrogen-bond acceptors (Lipinski definition) is 8. The van der Waals surface area contributed by atoms with Crippen LogP contribution in [0.25, 0.3) is 0 Å². The van der Waals surface area contributed by atoms with Gasteiger partial charge in [-0.3, -0.25) is 14.4 Å². The van der Waals surface area contributed by atoms with Gasteiger partial charge in [0, 0.05) is 19.9 Å². The van der Waals surface area contributed by atoms with Crippen molar-refractivity contribution in [3.05, 3.63) is 0 Å². The first-order chi connectivity index (χ1) is 26.4. The third kappa shape index (κ3) is 27.5. The standard InChI is InChI=1S/C42H83N3O6.C2H4O2/c1-5-7-9-11-13-15-16-17-18-19-20-21-23-25-27-29-31-45(37(47)30-28-26-24-22-14-12-10-8-6-2)42-38(40(49)39(48)36(33-46)51-42)44-41(50)35(43)32-34(3)4;1-2(3)4/h34-36,38-40,42,46,48-49H,5-33,43H2,1-4H3,(H,44,50);1H3,(H,3,4)/t35-,36+,38+,39+,40+,42+;/m0./s1. The number of aliphatic hydroxyl groups is 3. The van der Waals surface area contributed by atoms with Crippen LogP contribution in [-0.2, 0) is 19.1 Å². The van der Waals surface area contributed by atoms with Gasteiger partial charge in [-0.2, -0.15) is 0 Å². The van der Waals surface area contributed by atoms with Gasteiger partial charge < -0.3 is 41.1 Å². The fraction of sp³-hybridized carbons (Fsp3) is 0.932. The summed E-state index contributed by atoms with van der Waals surface area (Å²) in [4.78, 5) is 37.6. The molecule has 1 rings (SSSR count). The number of aliphatic hydroxyl groups excluding tert-OH is 3. The Morgan fingerprint density at radius 3 is 1.44 bits per heavy atom. The van der Waals surface area contributed by atoms with Gasteiger partial charge in [-0.15, -0.1) is 0 Å². The minimum absolute atomic E-state index is 0.0880. The van der Waals surface area contributed by atoms with E-state index < -0.39 is 55.1 Å². The molecule has 2 amide bonds. The van der Waals surface area contributed by atoms with E-state index in [4.69, 9.17) is 20.4 Å². The molecule has 11 heteroatoms. The van der Waals surface area contributed by atoms with Crippen molar-refractivity contribution >= 4 is 17.8 Å². The van der Waals surface area contributed by atoms with Gasteiger partial charge in [0.2, 0.25) is 11.8 Å². The lowest BCUT2D eigenvalue weighted by Gasteiger charge is -2.47. The molecular formula is C44H87N3O8. The lowest BCUT2D eigenvalue weighted by molar-refractivity contribution is -0.231. The maximum Gasteiger partial charge on any atom is 0.300 e. The molecule has 0 aromatic rings. The lowest BCUT2D eigenvalue weighted by atomic mass is 9.94. The van der Waals surface area contributed by atoms with Crippen LogP contribution >= 0.6 is 0 Å². The molecule has 0 radical (unpaired) electrons. The first-order valence-corrected chi connectivity index (χ1v) is 22.6. The quantitative estimate of drug-likeness (QED) is 0.0356. The molecule has 1 fully saturated rings. The number of hydrogen-bond donors (Lipinski definition) is 6. The number of nitrogens with one attached hydrogen (secondary N) is 1. The largest absolute Gasteiger partial charge is 0.481 e. The van der Waals surface area contributed by atoms with Gasteiger partial charge >= 0.3 is 0 Å². The van der Waals surface area contributed by atoms with Crippen molar-refractivity contribution in [1.82, 2.24) is 10.2 Å². The second-order valence-corrected chi connectivity index (χ2v) is 16.5. The van der Waals surface area contributed by atoms with Crippen molar-refractivity contribution in [3.8, 4) is 0 Å². The predicted molar refractivity (Wildman–Crippen MR) is 224 cm³/mol. The fourth-order valence-corrected chi connectivity index (χ4v) is 7.36. The summed E-state index contributed by atoms with van der Waals surface area (Å²) in [5.74, 6) is -1.18.